The van der Waals surface area contributed by atoms with Crippen molar-refractivity contribution in [1.29, 1.82) is 0 Å². The van der Waals surface area contributed by atoms with Crippen LogP contribution < -0.4 is 5.73 Å². The number of aliphatic carboxylic acids is 1. The van der Waals surface area contributed by atoms with E-state index < -0.39 is 11.5 Å². The normalized spacial score (nSPS) is 31.7. The van der Waals surface area contributed by atoms with Crippen LogP contribution in [0.1, 0.15) is 38.5 Å². The van der Waals surface area contributed by atoms with Gasteiger partial charge in [-0.15, -0.1) is 0 Å². The zero-order valence-electron chi connectivity index (χ0n) is 9.11. The summed E-state index contributed by atoms with van der Waals surface area (Å²) in [4.78, 5) is 13.6. The lowest BCUT2D eigenvalue weighted by Gasteiger charge is -2.41. The number of hydrogen-bond donors (Lipinski definition) is 2. The molecule has 1 heterocycles. The van der Waals surface area contributed by atoms with Gasteiger partial charge in [-0.1, -0.05) is 19.3 Å². The van der Waals surface area contributed by atoms with Gasteiger partial charge in [0, 0.05) is 19.1 Å². The molecule has 1 saturated carbocycles. The molecule has 1 aliphatic carbocycles. The topological polar surface area (TPSA) is 66.6 Å². The number of rotatable bonds is 2. The van der Waals surface area contributed by atoms with E-state index in [4.69, 9.17) is 5.73 Å². The molecule has 0 aromatic heterocycles. The minimum atomic E-state index is -0.642. The number of carboxylic acid groups (broad SMARTS) is 1. The van der Waals surface area contributed by atoms with Gasteiger partial charge >= 0.3 is 5.97 Å². The van der Waals surface area contributed by atoms with E-state index in [1.807, 2.05) is 0 Å². The zero-order valence-corrected chi connectivity index (χ0v) is 9.11. The Morgan fingerprint density at radius 2 is 2.00 bits per heavy atom. The summed E-state index contributed by atoms with van der Waals surface area (Å²) in [7, 11) is 0. The predicted octanol–water partition coefficient (Wildman–Crippen LogP) is 0.807. The third-order valence-electron chi connectivity index (χ3n) is 3.91. The van der Waals surface area contributed by atoms with Crippen molar-refractivity contribution in [2.24, 2.45) is 5.73 Å². The van der Waals surface area contributed by atoms with Crippen LogP contribution in [0.15, 0.2) is 0 Å². The van der Waals surface area contributed by atoms with Crippen LogP contribution in [0.4, 0.5) is 0 Å². The Morgan fingerprint density at radius 3 is 2.47 bits per heavy atom. The van der Waals surface area contributed by atoms with Crippen molar-refractivity contribution in [3.63, 3.8) is 0 Å². The first-order valence-electron chi connectivity index (χ1n) is 5.89. The van der Waals surface area contributed by atoms with Gasteiger partial charge in [-0.2, -0.15) is 0 Å². The average Bonchev–Trinajstić information content (AvgIpc) is 2.66. The zero-order chi connectivity index (χ0) is 10.9. The molecule has 86 valence electrons. The van der Waals surface area contributed by atoms with Gasteiger partial charge in [-0.3, -0.25) is 9.69 Å². The molecule has 0 spiro atoms. The van der Waals surface area contributed by atoms with Gasteiger partial charge in [0.05, 0.1) is 0 Å². The highest BCUT2D eigenvalue weighted by atomic mass is 16.4. The lowest BCUT2D eigenvalue weighted by Crippen LogP contribution is -2.55. The maximum Gasteiger partial charge on any atom is 0.324 e. The summed E-state index contributed by atoms with van der Waals surface area (Å²) in [5.74, 6) is -0.642. The molecule has 3 N–H and O–H groups in total. The van der Waals surface area contributed by atoms with Crippen LogP contribution in [-0.4, -0.2) is 40.6 Å². The van der Waals surface area contributed by atoms with Crippen molar-refractivity contribution in [3.8, 4) is 0 Å². The number of nitrogens with two attached hydrogens (primary N) is 1. The molecule has 2 aliphatic rings. The van der Waals surface area contributed by atoms with Gasteiger partial charge in [0.2, 0.25) is 0 Å². The van der Waals surface area contributed by atoms with E-state index in [2.05, 4.69) is 4.90 Å². The fourth-order valence-electron chi connectivity index (χ4n) is 2.98. The van der Waals surface area contributed by atoms with E-state index in [0.29, 0.717) is 0 Å². The molecule has 1 unspecified atom stereocenters. The van der Waals surface area contributed by atoms with Crippen LogP contribution >= 0.6 is 0 Å². The molecule has 1 atom stereocenters. The molecule has 1 saturated heterocycles. The van der Waals surface area contributed by atoms with Crippen LogP contribution in [0.3, 0.4) is 0 Å². The maximum absolute atomic E-state index is 11.5. The number of likely N-dealkylation sites (tertiary alicyclic amines) is 1. The van der Waals surface area contributed by atoms with Crippen LogP contribution in [0.2, 0.25) is 0 Å². The number of nitrogens with zero attached hydrogens (tertiary/aromatic N) is 1. The van der Waals surface area contributed by atoms with Gasteiger partial charge in [-0.25, -0.2) is 0 Å². The third kappa shape index (κ3) is 1.88. The van der Waals surface area contributed by atoms with Gasteiger partial charge in [-0.05, 0) is 19.3 Å². The van der Waals surface area contributed by atoms with Crippen molar-refractivity contribution in [2.45, 2.75) is 50.1 Å². The highest BCUT2D eigenvalue weighted by Crippen LogP contribution is 2.35. The quantitative estimate of drug-likeness (QED) is 0.710. The SMILES string of the molecule is NC1CCN(C2(C(=O)O)CCCCC2)C1. The number of carboxylic acids is 1. The monoisotopic (exact) mass is 212 g/mol. The van der Waals surface area contributed by atoms with E-state index in [9.17, 15) is 9.90 Å². The Labute approximate surface area is 90.4 Å². The van der Waals surface area contributed by atoms with E-state index >= 15 is 0 Å². The van der Waals surface area contributed by atoms with Crippen LogP contribution in [0.25, 0.3) is 0 Å². The summed E-state index contributed by atoms with van der Waals surface area (Å²) in [5.41, 5.74) is 5.27. The second-order valence-corrected chi connectivity index (χ2v) is 4.89. The Balaban J connectivity index is 2.14. The minimum absolute atomic E-state index is 0.170. The Kier molecular flexibility index (Phi) is 2.98. The minimum Gasteiger partial charge on any atom is -0.480 e. The van der Waals surface area contributed by atoms with Crippen molar-refractivity contribution in [2.75, 3.05) is 13.1 Å². The molecule has 2 rings (SSSR count). The predicted molar refractivity (Wildman–Crippen MR) is 57.6 cm³/mol. The van der Waals surface area contributed by atoms with Gasteiger partial charge in [0.1, 0.15) is 5.54 Å². The molecule has 0 radical (unpaired) electrons. The third-order valence-corrected chi connectivity index (χ3v) is 3.91. The fraction of sp³-hybridized carbons (Fsp3) is 0.909. The van der Waals surface area contributed by atoms with Crippen molar-refractivity contribution >= 4 is 5.97 Å². The Morgan fingerprint density at radius 1 is 1.33 bits per heavy atom. The van der Waals surface area contributed by atoms with Crippen LogP contribution in [0.5, 0.6) is 0 Å². The first-order valence-corrected chi connectivity index (χ1v) is 5.89. The Bertz CT molecular complexity index is 249. The van der Waals surface area contributed by atoms with E-state index in [0.717, 1.165) is 45.2 Å². The second-order valence-electron chi connectivity index (χ2n) is 4.89. The standard InChI is InChI=1S/C11H20N2O2/c12-9-4-7-13(8-9)11(10(14)15)5-2-1-3-6-11/h9H,1-8,12H2,(H,14,15). The lowest BCUT2D eigenvalue weighted by molar-refractivity contribution is -0.153. The van der Waals surface area contributed by atoms with Crippen molar-refractivity contribution < 1.29 is 9.90 Å². The number of hydrogen-bond acceptors (Lipinski definition) is 3. The molecule has 0 amide bonds. The average molecular weight is 212 g/mol. The van der Waals surface area contributed by atoms with Gasteiger partial charge in [0.25, 0.3) is 0 Å². The molecule has 4 heteroatoms. The molecule has 15 heavy (non-hydrogen) atoms. The first kappa shape index (κ1) is 10.9. The first-order chi connectivity index (χ1) is 7.15. The molecular weight excluding hydrogens is 192 g/mol. The molecule has 1 aliphatic heterocycles. The fourth-order valence-corrected chi connectivity index (χ4v) is 2.98. The molecule has 0 aromatic carbocycles. The molecular formula is C11H20N2O2. The van der Waals surface area contributed by atoms with Gasteiger partial charge < -0.3 is 10.8 Å². The summed E-state index contributed by atoms with van der Waals surface area (Å²) in [5, 5.41) is 9.45. The molecule has 0 bridgehead atoms. The van der Waals surface area contributed by atoms with Crippen molar-refractivity contribution in [1.82, 2.24) is 4.90 Å². The lowest BCUT2D eigenvalue weighted by atomic mass is 9.80. The van der Waals surface area contributed by atoms with E-state index in [-0.39, 0.29) is 6.04 Å². The molecule has 2 fully saturated rings. The molecule has 0 aromatic rings. The Hall–Kier alpha value is -0.610. The maximum atomic E-state index is 11.5. The second kappa shape index (κ2) is 4.10. The number of carbonyl (C=O) groups is 1. The summed E-state index contributed by atoms with van der Waals surface area (Å²) in [6.45, 7) is 1.61. The highest BCUT2D eigenvalue weighted by molar-refractivity contribution is 5.79. The van der Waals surface area contributed by atoms with Crippen molar-refractivity contribution in [3.05, 3.63) is 0 Å². The smallest absolute Gasteiger partial charge is 0.324 e. The van der Waals surface area contributed by atoms with E-state index in [1.54, 1.807) is 0 Å². The molecule has 4 nitrogen and oxygen atoms in total. The summed E-state index contributed by atoms with van der Waals surface area (Å²) in [6.07, 6.45) is 5.80. The van der Waals surface area contributed by atoms with Crippen LogP contribution in [-0.2, 0) is 4.79 Å². The largest absolute Gasteiger partial charge is 0.480 e. The summed E-state index contributed by atoms with van der Waals surface area (Å²) >= 11 is 0. The summed E-state index contributed by atoms with van der Waals surface area (Å²) in [6, 6.07) is 0.170. The van der Waals surface area contributed by atoms with Crippen LogP contribution in [0, 0.1) is 0 Å². The van der Waals surface area contributed by atoms with E-state index in [1.165, 1.54) is 6.42 Å². The summed E-state index contributed by atoms with van der Waals surface area (Å²) < 4.78 is 0. The van der Waals surface area contributed by atoms with Gasteiger partial charge in [0.15, 0.2) is 0 Å². The highest BCUT2D eigenvalue weighted by Gasteiger charge is 2.46.